The lowest BCUT2D eigenvalue weighted by Crippen LogP contribution is -2.36. The molecule has 0 aromatic heterocycles. The number of benzene rings is 3. The molecule has 0 N–H and O–H groups in total. The largest absolute Gasteiger partial charge is 0.376 e. The molecule has 0 radical (unpaired) electrons. The van der Waals surface area contributed by atoms with Crippen molar-refractivity contribution in [1.29, 1.82) is 0 Å². The Hall–Kier alpha value is -2.42. The maximum atomic E-state index is 6.77. The Kier molecular flexibility index (Phi) is 6.80. The van der Waals surface area contributed by atoms with Crippen molar-refractivity contribution in [1.82, 2.24) is 0 Å². The van der Waals surface area contributed by atoms with E-state index in [4.69, 9.17) is 9.47 Å². The van der Waals surface area contributed by atoms with Gasteiger partial charge in [-0.25, -0.2) is 0 Å². The summed E-state index contributed by atoms with van der Waals surface area (Å²) in [4.78, 5) is 0. The maximum Gasteiger partial charge on any atom is 0.143 e. The highest BCUT2D eigenvalue weighted by Gasteiger charge is 2.38. The van der Waals surface area contributed by atoms with Crippen molar-refractivity contribution in [2.45, 2.75) is 32.0 Å². The molecule has 140 valence electrons. The molecule has 2 nitrogen and oxygen atoms in total. The number of hydrogen-bond donors (Lipinski definition) is 0. The Labute approximate surface area is 162 Å². The van der Waals surface area contributed by atoms with Crippen molar-refractivity contribution in [3.8, 4) is 0 Å². The van der Waals surface area contributed by atoms with Crippen LogP contribution in [0, 0.1) is 0 Å². The Morgan fingerprint density at radius 1 is 0.667 bits per heavy atom. The highest BCUT2D eigenvalue weighted by Crippen LogP contribution is 2.40. The summed E-state index contributed by atoms with van der Waals surface area (Å²) in [5.74, 6) is 0. The fraction of sp³-hybridized carbons (Fsp3) is 0.280. The molecule has 0 bridgehead atoms. The van der Waals surface area contributed by atoms with Gasteiger partial charge in [0.25, 0.3) is 0 Å². The minimum atomic E-state index is -0.672. The summed E-state index contributed by atoms with van der Waals surface area (Å²) in [6.07, 6.45) is 0.993. The summed E-state index contributed by atoms with van der Waals surface area (Å²) < 4.78 is 12.6. The number of ether oxygens (including phenoxy) is 2. The van der Waals surface area contributed by atoms with E-state index < -0.39 is 5.60 Å². The molecule has 0 fully saturated rings. The quantitative estimate of drug-likeness (QED) is 0.448. The SMILES string of the molecule is CCO[C@@H](CC)COC(c1ccccc1)(c1ccccc1)c1ccccc1. The van der Waals surface area contributed by atoms with Gasteiger partial charge in [-0.2, -0.15) is 0 Å². The van der Waals surface area contributed by atoms with Gasteiger partial charge < -0.3 is 9.47 Å². The summed E-state index contributed by atoms with van der Waals surface area (Å²) in [7, 11) is 0. The van der Waals surface area contributed by atoms with Gasteiger partial charge >= 0.3 is 0 Å². The zero-order chi connectivity index (χ0) is 19.0. The Morgan fingerprint density at radius 3 is 1.41 bits per heavy atom. The molecule has 27 heavy (non-hydrogen) atoms. The molecule has 2 heteroatoms. The van der Waals surface area contributed by atoms with Crippen LogP contribution in [0.4, 0.5) is 0 Å². The van der Waals surface area contributed by atoms with Crippen molar-refractivity contribution in [2.24, 2.45) is 0 Å². The van der Waals surface area contributed by atoms with Crippen LogP contribution in [0.15, 0.2) is 91.0 Å². The third-order valence-electron chi connectivity index (χ3n) is 4.88. The first-order chi connectivity index (χ1) is 13.3. The second-order valence-electron chi connectivity index (χ2n) is 6.58. The van der Waals surface area contributed by atoms with Crippen LogP contribution in [-0.4, -0.2) is 19.3 Å². The molecule has 0 saturated carbocycles. The lowest BCUT2D eigenvalue weighted by molar-refractivity contribution is -0.0631. The van der Waals surface area contributed by atoms with Gasteiger partial charge in [-0.05, 0) is 30.0 Å². The van der Waals surface area contributed by atoms with E-state index in [2.05, 4.69) is 79.7 Å². The third kappa shape index (κ3) is 4.29. The molecule has 0 heterocycles. The lowest BCUT2D eigenvalue weighted by atomic mass is 9.80. The molecule has 0 aliphatic heterocycles. The summed E-state index contributed by atoms with van der Waals surface area (Å²) >= 11 is 0. The van der Waals surface area contributed by atoms with E-state index in [-0.39, 0.29) is 6.10 Å². The van der Waals surface area contributed by atoms with Crippen LogP contribution in [0.5, 0.6) is 0 Å². The molecule has 3 aromatic rings. The first-order valence-corrected chi connectivity index (χ1v) is 9.73. The van der Waals surface area contributed by atoms with Crippen LogP contribution < -0.4 is 0 Å². The van der Waals surface area contributed by atoms with Crippen LogP contribution >= 0.6 is 0 Å². The molecular weight excluding hydrogens is 332 g/mol. The van der Waals surface area contributed by atoms with Crippen molar-refractivity contribution in [2.75, 3.05) is 13.2 Å². The van der Waals surface area contributed by atoms with Gasteiger partial charge in [0.05, 0.1) is 12.7 Å². The Bertz CT molecular complexity index is 688. The van der Waals surface area contributed by atoms with Gasteiger partial charge in [-0.1, -0.05) is 97.9 Å². The van der Waals surface area contributed by atoms with E-state index in [1.807, 2.05) is 25.1 Å². The van der Waals surface area contributed by atoms with E-state index in [9.17, 15) is 0 Å². The zero-order valence-corrected chi connectivity index (χ0v) is 16.2. The average molecular weight is 360 g/mol. The summed E-state index contributed by atoms with van der Waals surface area (Å²) in [6.45, 7) is 5.39. The van der Waals surface area contributed by atoms with Gasteiger partial charge in [0.2, 0.25) is 0 Å². The van der Waals surface area contributed by atoms with Crippen molar-refractivity contribution in [3.63, 3.8) is 0 Å². The second kappa shape index (κ2) is 9.50. The smallest absolute Gasteiger partial charge is 0.143 e. The standard InChI is InChI=1S/C25H28O2/c1-3-24(26-4-2)20-27-25(21-14-8-5-9-15-21,22-16-10-6-11-17-22)23-18-12-7-13-19-23/h5-19,24H,3-4,20H2,1-2H3/t24-/m0/s1. The molecular formula is C25H28O2. The van der Waals surface area contributed by atoms with E-state index in [1.165, 1.54) is 0 Å². The van der Waals surface area contributed by atoms with Crippen molar-refractivity contribution in [3.05, 3.63) is 108 Å². The average Bonchev–Trinajstić information content (AvgIpc) is 2.75. The third-order valence-corrected chi connectivity index (χ3v) is 4.88. The first-order valence-electron chi connectivity index (χ1n) is 9.73. The Morgan fingerprint density at radius 2 is 1.07 bits per heavy atom. The monoisotopic (exact) mass is 360 g/mol. The lowest BCUT2D eigenvalue weighted by Gasteiger charge is -2.37. The first kappa shape index (κ1) is 19.3. The van der Waals surface area contributed by atoms with Gasteiger partial charge in [0, 0.05) is 6.61 Å². The molecule has 0 spiro atoms. The number of hydrogen-bond acceptors (Lipinski definition) is 2. The van der Waals surface area contributed by atoms with Gasteiger partial charge in [-0.15, -0.1) is 0 Å². The highest BCUT2D eigenvalue weighted by atomic mass is 16.5. The summed E-state index contributed by atoms with van der Waals surface area (Å²) in [5.41, 5.74) is 2.69. The van der Waals surface area contributed by atoms with Gasteiger partial charge in [-0.3, -0.25) is 0 Å². The van der Waals surface area contributed by atoms with Crippen molar-refractivity contribution >= 4 is 0 Å². The van der Waals surface area contributed by atoms with Crippen LogP contribution in [0.3, 0.4) is 0 Å². The predicted molar refractivity (Wildman–Crippen MR) is 111 cm³/mol. The van der Waals surface area contributed by atoms with E-state index >= 15 is 0 Å². The molecule has 1 atom stereocenters. The fourth-order valence-electron chi connectivity index (χ4n) is 3.51. The molecule has 0 aliphatic rings. The summed E-state index contributed by atoms with van der Waals surface area (Å²) in [6, 6.07) is 31.4. The predicted octanol–water partition coefficient (Wildman–Crippen LogP) is 5.81. The summed E-state index contributed by atoms with van der Waals surface area (Å²) in [5, 5.41) is 0. The van der Waals surface area contributed by atoms with Crippen LogP contribution in [0.1, 0.15) is 37.0 Å². The van der Waals surface area contributed by atoms with Crippen LogP contribution in [-0.2, 0) is 15.1 Å². The van der Waals surface area contributed by atoms with Crippen LogP contribution in [0.2, 0.25) is 0 Å². The van der Waals surface area contributed by atoms with E-state index in [1.54, 1.807) is 0 Å². The molecule has 3 aromatic carbocycles. The molecule has 0 aliphatic carbocycles. The number of rotatable bonds is 9. The topological polar surface area (TPSA) is 18.5 Å². The van der Waals surface area contributed by atoms with E-state index in [0.29, 0.717) is 13.2 Å². The normalized spacial score (nSPS) is 12.7. The Balaban J connectivity index is 2.14. The maximum absolute atomic E-state index is 6.77. The van der Waals surface area contributed by atoms with Gasteiger partial charge in [0.1, 0.15) is 5.60 Å². The fourth-order valence-corrected chi connectivity index (χ4v) is 3.51. The van der Waals surface area contributed by atoms with Crippen LogP contribution in [0.25, 0.3) is 0 Å². The van der Waals surface area contributed by atoms with E-state index in [0.717, 1.165) is 23.1 Å². The minimum Gasteiger partial charge on any atom is -0.376 e. The second-order valence-corrected chi connectivity index (χ2v) is 6.58. The molecule has 0 amide bonds. The molecule has 3 rings (SSSR count). The van der Waals surface area contributed by atoms with Gasteiger partial charge in [0.15, 0.2) is 0 Å². The molecule has 0 saturated heterocycles. The van der Waals surface area contributed by atoms with Crippen molar-refractivity contribution < 1.29 is 9.47 Å². The zero-order valence-electron chi connectivity index (χ0n) is 16.2. The highest BCUT2D eigenvalue weighted by molar-refractivity contribution is 5.47. The minimum absolute atomic E-state index is 0.0745. The molecule has 0 unspecified atom stereocenters.